The van der Waals surface area contributed by atoms with Crippen molar-refractivity contribution in [2.45, 2.75) is 38.8 Å². The van der Waals surface area contributed by atoms with Crippen LogP contribution in [0.25, 0.3) is 0 Å². The van der Waals surface area contributed by atoms with Gasteiger partial charge in [-0.05, 0) is 19.8 Å². The van der Waals surface area contributed by atoms with Gasteiger partial charge in [-0.25, -0.2) is 4.79 Å². The van der Waals surface area contributed by atoms with E-state index >= 15 is 0 Å². The summed E-state index contributed by atoms with van der Waals surface area (Å²) in [7, 11) is 0. The quantitative estimate of drug-likeness (QED) is 0.717. The number of hydrogen-bond donors (Lipinski definition) is 1. The summed E-state index contributed by atoms with van der Waals surface area (Å²) in [5.74, 6) is -0.280. The first kappa shape index (κ1) is 11.4. The molecule has 2 fully saturated rings. The Bertz CT molecular complexity index is 306. The highest BCUT2D eigenvalue weighted by molar-refractivity contribution is 5.97. The molecule has 0 aromatic carbocycles. The lowest BCUT2D eigenvalue weighted by molar-refractivity contribution is -0.126. The van der Waals surface area contributed by atoms with Crippen LogP contribution < -0.4 is 5.32 Å². The van der Waals surface area contributed by atoms with Crippen molar-refractivity contribution in [3.05, 3.63) is 0 Å². The molecule has 1 N–H and O–H groups in total. The van der Waals surface area contributed by atoms with Crippen molar-refractivity contribution >= 4 is 11.9 Å². The summed E-state index contributed by atoms with van der Waals surface area (Å²) in [4.78, 5) is 24.8. The molecule has 2 aliphatic rings. The van der Waals surface area contributed by atoms with Gasteiger partial charge in [-0.3, -0.25) is 10.1 Å². The van der Waals surface area contributed by atoms with E-state index in [4.69, 9.17) is 4.74 Å². The van der Waals surface area contributed by atoms with Gasteiger partial charge in [0.25, 0.3) is 0 Å². The standard InChI is InChI=1S/C11H18N2O3/c1-7-6-13(11(15)12-10(7)14)9-3-4-16-8(2)5-9/h7-9H,3-6H2,1-2H3,(H,12,14,15). The number of nitrogens with zero attached hydrogens (tertiary/aromatic N) is 1. The van der Waals surface area contributed by atoms with Gasteiger partial charge in [0.2, 0.25) is 5.91 Å². The van der Waals surface area contributed by atoms with Crippen LogP contribution in [0.2, 0.25) is 0 Å². The molecule has 0 aromatic rings. The van der Waals surface area contributed by atoms with Gasteiger partial charge in [0.05, 0.1) is 12.0 Å². The van der Waals surface area contributed by atoms with Gasteiger partial charge in [0, 0.05) is 19.2 Å². The van der Waals surface area contributed by atoms with Crippen molar-refractivity contribution in [3.8, 4) is 0 Å². The van der Waals surface area contributed by atoms with Gasteiger partial charge in [0.1, 0.15) is 0 Å². The van der Waals surface area contributed by atoms with Crippen molar-refractivity contribution < 1.29 is 14.3 Å². The maximum absolute atomic E-state index is 11.7. The monoisotopic (exact) mass is 226 g/mol. The molecular formula is C11H18N2O3. The van der Waals surface area contributed by atoms with E-state index < -0.39 is 0 Å². The number of ether oxygens (including phenoxy) is 1. The Kier molecular flexibility index (Phi) is 3.14. The lowest BCUT2D eigenvalue weighted by Gasteiger charge is -2.39. The minimum atomic E-state index is -0.248. The third-order valence-corrected chi connectivity index (χ3v) is 3.31. The molecule has 0 bridgehead atoms. The van der Waals surface area contributed by atoms with Gasteiger partial charge < -0.3 is 9.64 Å². The number of amides is 3. The Morgan fingerprint density at radius 3 is 2.81 bits per heavy atom. The van der Waals surface area contributed by atoms with Crippen LogP contribution in [0.4, 0.5) is 4.79 Å². The van der Waals surface area contributed by atoms with Gasteiger partial charge in [-0.2, -0.15) is 0 Å². The second-order valence-corrected chi connectivity index (χ2v) is 4.71. The summed E-state index contributed by atoms with van der Waals surface area (Å²) < 4.78 is 5.46. The smallest absolute Gasteiger partial charge is 0.324 e. The third kappa shape index (κ3) is 2.19. The van der Waals surface area contributed by atoms with Crippen LogP contribution in [0.5, 0.6) is 0 Å². The first-order valence-corrected chi connectivity index (χ1v) is 5.81. The Balaban J connectivity index is 2.02. The van der Waals surface area contributed by atoms with Crippen molar-refractivity contribution in [2.24, 2.45) is 5.92 Å². The topological polar surface area (TPSA) is 58.6 Å². The molecule has 0 aromatic heterocycles. The number of urea groups is 1. The largest absolute Gasteiger partial charge is 0.378 e. The van der Waals surface area contributed by atoms with Crippen LogP contribution in [0.1, 0.15) is 26.7 Å². The Morgan fingerprint density at radius 2 is 2.12 bits per heavy atom. The van der Waals surface area contributed by atoms with E-state index in [0.29, 0.717) is 13.2 Å². The molecule has 2 aliphatic heterocycles. The van der Waals surface area contributed by atoms with Crippen molar-refractivity contribution in [2.75, 3.05) is 13.2 Å². The maximum atomic E-state index is 11.7. The first-order chi connectivity index (χ1) is 7.58. The molecule has 0 saturated carbocycles. The third-order valence-electron chi connectivity index (χ3n) is 3.31. The summed E-state index contributed by atoms with van der Waals surface area (Å²) in [6.07, 6.45) is 1.91. The normalized spacial score (nSPS) is 36.1. The fourth-order valence-corrected chi connectivity index (χ4v) is 2.33. The maximum Gasteiger partial charge on any atom is 0.324 e. The minimum absolute atomic E-state index is 0.115. The molecule has 5 heteroatoms. The molecule has 2 rings (SSSR count). The van der Waals surface area contributed by atoms with E-state index in [1.807, 2.05) is 13.8 Å². The lowest BCUT2D eigenvalue weighted by Crippen LogP contribution is -2.58. The second-order valence-electron chi connectivity index (χ2n) is 4.71. The van der Waals surface area contributed by atoms with Crippen molar-refractivity contribution in [1.82, 2.24) is 10.2 Å². The van der Waals surface area contributed by atoms with Crippen LogP contribution in [0, 0.1) is 5.92 Å². The zero-order valence-corrected chi connectivity index (χ0v) is 9.73. The fraction of sp³-hybridized carbons (Fsp3) is 0.818. The van der Waals surface area contributed by atoms with E-state index in [1.165, 1.54) is 0 Å². The summed E-state index contributed by atoms with van der Waals surface area (Å²) >= 11 is 0. The van der Waals surface area contributed by atoms with Gasteiger partial charge in [-0.15, -0.1) is 0 Å². The molecule has 3 unspecified atom stereocenters. The van der Waals surface area contributed by atoms with Crippen LogP contribution in [-0.4, -0.2) is 42.1 Å². The average molecular weight is 226 g/mol. The summed E-state index contributed by atoms with van der Waals surface area (Å²) in [6, 6.07) is -0.0403. The number of nitrogens with one attached hydrogen (secondary N) is 1. The van der Waals surface area contributed by atoms with Crippen LogP contribution in [0.15, 0.2) is 0 Å². The Morgan fingerprint density at radius 1 is 1.38 bits per heavy atom. The first-order valence-electron chi connectivity index (χ1n) is 5.81. The summed E-state index contributed by atoms with van der Waals surface area (Å²) in [5.41, 5.74) is 0. The van der Waals surface area contributed by atoms with Crippen molar-refractivity contribution in [1.29, 1.82) is 0 Å². The lowest BCUT2D eigenvalue weighted by atomic mass is 9.99. The highest BCUT2D eigenvalue weighted by Crippen LogP contribution is 2.22. The zero-order valence-electron chi connectivity index (χ0n) is 9.73. The molecule has 3 amide bonds. The molecule has 2 saturated heterocycles. The average Bonchev–Trinajstić information content (AvgIpc) is 2.23. The molecular weight excluding hydrogens is 208 g/mol. The molecule has 5 nitrogen and oxygen atoms in total. The number of imide groups is 1. The highest BCUT2D eigenvalue weighted by atomic mass is 16.5. The summed E-state index contributed by atoms with van der Waals surface area (Å²) in [5, 5.41) is 2.40. The van der Waals surface area contributed by atoms with Crippen LogP contribution in [0.3, 0.4) is 0 Å². The zero-order chi connectivity index (χ0) is 11.7. The molecule has 16 heavy (non-hydrogen) atoms. The SMILES string of the molecule is CC1CC(N2CC(C)C(=O)NC2=O)CCO1. The van der Waals surface area contributed by atoms with E-state index in [1.54, 1.807) is 4.90 Å². The Hall–Kier alpha value is -1.10. The van der Waals surface area contributed by atoms with Crippen LogP contribution >= 0.6 is 0 Å². The predicted molar refractivity (Wildman–Crippen MR) is 57.8 cm³/mol. The fourth-order valence-electron chi connectivity index (χ4n) is 2.33. The molecule has 3 atom stereocenters. The highest BCUT2D eigenvalue weighted by Gasteiger charge is 2.35. The van der Waals surface area contributed by atoms with E-state index in [9.17, 15) is 9.59 Å². The van der Waals surface area contributed by atoms with Gasteiger partial charge >= 0.3 is 6.03 Å². The van der Waals surface area contributed by atoms with E-state index in [0.717, 1.165) is 12.8 Å². The second kappa shape index (κ2) is 4.41. The predicted octanol–water partition coefficient (Wildman–Crippen LogP) is 0.742. The molecule has 90 valence electrons. The van der Waals surface area contributed by atoms with E-state index in [2.05, 4.69) is 5.32 Å². The minimum Gasteiger partial charge on any atom is -0.378 e. The van der Waals surface area contributed by atoms with E-state index in [-0.39, 0.29) is 30.0 Å². The summed E-state index contributed by atoms with van der Waals surface area (Å²) in [6.45, 7) is 5.08. The van der Waals surface area contributed by atoms with Crippen molar-refractivity contribution in [3.63, 3.8) is 0 Å². The number of rotatable bonds is 1. The Labute approximate surface area is 95.1 Å². The molecule has 0 radical (unpaired) electrons. The number of carbonyl (C=O) groups is 2. The molecule has 0 aliphatic carbocycles. The molecule has 0 spiro atoms. The molecule has 2 heterocycles. The van der Waals surface area contributed by atoms with Gasteiger partial charge in [-0.1, -0.05) is 6.92 Å². The van der Waals surface area contributed by atoms with Gasteiger partial charge in [0.15, 0.2) is 0 Å². The van der Waals surface area contributed by atoms with Crippen LogP contribution in [-0.2, 0) is 9.53 Å². The number of carbonyl (C=O) groups excluding carboxylic acids is 2. The number of hydrogen-bond acceptors (Lipinski definition) is 3.